The minimum atomic E-state index is 0.0471. The summed E-state index contributed by atoms with van der Waals surface area (Å²) >= 11 is 0. The molecule has 0 spiro atoms. The maximum absolute atomic E-state index is 11.3. The maximum Gasteiger partial charge on any atom is 0.153 e. The summed E-state index contributed by atoms with van der Waals surface area (Å²) in [5.74, 6) is 0.682. The molecule has 6 aromatic rings. The molecule has 0 saturated carbocycles. The van der Waals surface area contributed by atoms with Crippen molar-refractivity contribution < 1.29 is 19.4 Å². The van der Waals surface area contributed by atoms with Gasteiger partial charge in [-0.2, -0.15) is 0 Å². The number of methoxy groups -OCH3 is 1. The number of rotatable bonds is 9. The molecule has 41 heavy (non-hydrogen) atoms. The summed E-state index contributed by atoms with van der Waals surface area (Å²) in [5.41, 5.74) is 5.43. The summed E-state index contributed by atoms with van der Waals surface area (Å²) in [5, 5.41) is 14.4. The summed E-state index contributed by atoms with van der Waals surface area (Å²) in [6.07, 6.45) is 6.04. The molecule has 0 atom stereocenters. The molecule has 0 bridgehead atoms. The molecular formula is C35H36N2O4. The van der Waals surface area contributed by atoms with Crippen molar-refractivity contribution in [2.45, 2.75) is 52.6 Å². The molecule has 0 amide bonds. The van der Waals surface area contributed by atoms with Gasteiger partial charge in [-0.25, -0.2) is 0 Å². The molecule has 2 heterocycles. The predicted molar refractivity (Wildman–Crippen MR) is 168 cm³/mol. The third kappa shape index (κ3) is 5.18. The molecule has 0 unspecified atom stereocenters. The average molecular weight is 549 g/mol. The van der Waals surface area contributed by atoms with Crippen molar-refractivity contribution in [2.24, 2.45) is 0 Å². The Morgan fingerprint density at radius 1 is 0.659 bits per heavy atom. The van der Waals surface area contributed by atoms with Crippen molar-refractivity contribution in [1.82, 2.24) is 9.13 Å². The van der Waals surface area contributed by atoms with Gasteiger partial charge in [0.2, 0.25) is 0 Å². The number of nitrogens with zero attached hydrogens (tertiary/aromatic N) is 2. The molecular weight excluding hydrogens is 512 g/mol. The van der Waals surface area contributed by atoms with E-state index in [1.165, 1.54) is 10.9 Å². The highest BCUT2D eigenvalue weighted by Gasteiger charge is 2.15. The fraction of sp³-hybridized carbons (Fsp3) is 0.257. The molecule has 1 N–H and O–H groups in total. The number of benzene rings is 4. The minimum absolute atomic E-state index is 0.0471. The molecule has 0 aliphatic carbocycles. The zero-order valence-corrected chi connectivity index (χ0v) is 23.9. The maximum atomic E-state index is 11.3. The zero-order chi connectivity index (χ0) is 28.9. The van der Waals surface area contributed by atoms with Crippen molar-refractivity contribution in [3.8, 4) is 11.5 Å². The second-order valence-electron chi connectivity index (χ2n) is 10.3. The molecule has 4 aromatic carbocycles. The number of para-hydroxylation sites is 2. The Balaban J connectivity index is 0.000000165. The quantitative estimate of drug-likeness (QED) is 0.184. The average Bonchev–Trinajstić information content (AvgIpc) is 3.49. The van der Waals surface area contributed by atoms with Crippen LogP contribution in [0, 0.1) is 0 Å². The number of aromatic nitrogens is 2. The number of carbonyl (C=O) groups is 2. The van der Waals surface area contributed by atoms with Crippen LogP contribution in [0.25, 0.3) is 43.6 Å². The van der Waals surface area contributed by atoms with Crippen LogP contribution in [-0.4, -0.2) is 33.9 Å². The van der Waals surface area contributed by atoms with E-state index >= 15 is 0 Å². The van der Waals surface area contributed by atoms with Crippen LogP contribution < -0.4 is 4.74 Å². The van der Waals surface area contributed by atoms with Gasteiger partial charge in [-0.1, -0.05) is 63.1 Å². The Morgan fingerprint density at radius 2 is 1.15 bits per heavy atom. The number of hydrogen-bond acceptors (Lipinski definition) is 4. The Bertz CT molecular complexity index is 1860. The van der Waals surface area contributed by atoms with Crippen LogP contribution in [0.1, 0.15) is 60.2 Å². The molecule has 210 valence electrons. The molecule has 6 rings (SSSR count). The SMILES string of the molecule is CCCCn1c2ccccc2c2cc(O)c(C=O)cc21.CCCCn1c2ccccc2c2cc(OC)c(C=O)cc21. The third-order valence-electron chi connectivity index (χ3n) is 7.77. The lowest BCUT2D eigenvalue weighted by atomic mass is 10.1. The Morgan fingerprint density at radius 3 is 1.63 bits per heavy atom. The van der Waals surface area contributed by atoms with Crippen molar-refractivity contribution in [2.75, 3.05) is 7.11 Å². The summed E-state index contributed by atoms with van der Waals surface area (Å²) in [4.78, 5) is 22.3. The molecule has 0 aliphatic heterocycles. The lowest BCUT2D eigenvalue weighted by Crippen LogP contribution is -1.98. The van der Waals surface area contributed by atoms with Crippen molar-refractivity contribution in [3.05, 3.63) is 83.9 Å². The van der Waals surface area contributed by atoms with Gasteiger partial charge >= 0.3 is 0 Å². The predicted octanol–water partition coefficient (Wildman–Crippen LogP) is 8.53. The number of ether oxygens (including phenoxy) is 1. The van der Waals surface area contributed by atoms with E-state index in [-0.39, 0.29) is 5.75 Å². The standard InChI is InChI=1S/C18H19NO2.C17H17NO2/c1-3-4-9-19-16-8-6-5-7-14(16)15-11-18(21-2)13(12-20)10-17(15)19;1-2-3-8-18-15-7-5-4-6-13(15)14-10-17(20)12(11-19)9-16(14)18/h5-8,10-12H,3-4,9H2,1-2H3;4-7,9-11,20H,2-3,8H2,1H3. The van der Waals surface area contributed by atoms with Crippen molar-refractivity contribution >= 4 is 56.2 Å². The zero-order valence-electron chi connectivity index (χ0n) is 23.9. The number of carbonyl (C=O) groups excluding carboxylic acids is 2. The van der Waals surface area contributed by atoms with Crippen LogP contribution in [0.5, 0.6) is 11.5 Å². The topological polar surface area (TPSA) is 73.5 Å². The van der Waals surface area contributed by atoms with Crippen molar-refractivity contribution in [3.63, 3.8) is 0 Å². The molecule has 6 heteroatoms. The van der Waals surface area contributed by atoms with Gasteiger partial charge in [0.1, 0.15) is 11.5 Å². The second kappa shape index (κ2) is 12.3. The van der Waals surface area contributed by atoms with Gasteiger partial charge in [0.05, 0.1) is 29.3 Å². The summed E-state index contributed by atoms with van der Waals surface area (Å²) in [7, 11) is 1.60. The van der Waals surface area contributed by atoms with Crippen LogP contribution >= 0.6 is 0 Å². The van der Waals surface area contributed by atoms with E-state index in [0.717, 1.165) is 77.8 Å². The first-order valence-corrected chi connectivity index (χ1v) is 14.3. The largest absolute Gasteiger partial charge is 0.507 e. The lowest BCUT2D eigenvalue weighted by Gasteiger charge is -2.08. The Labute approximate surface area is 239 Å². The number of aromatic hydroxyl groups is 1. The number of aryl methyl sites for hydroxylation is 2. The number of aldehydes is 2. The highest BCUT2D eigenvalue weighted by molar-refractivity contribution is 6.11. The summed E-state index contributed by atoms with van der Waals surface area (Å²) < 4.78 is 9.89. The molecule has 0 aliphatic rings. The molecule has 0 fully saturated rings. The van der Waals surface area contributed by atoms with Gasteiger partial charge in [0.15, 0.2) is 12.6 Å². The molecule has 2 aromatic heterocycles. The normalized spacial score (nSPS) is 11.2. The number of unbranched alkanes of at least 4 members (excludes halogenated alkanes) is 2. The first kappa shape index (κ1) is 28.0. The monoisotopic (exact) mass is 548 g/mol. The number of fused-ring (bicyclic) bond motifs is 6. The minimum Gasteiger partial charge on any atom is -0.507 e. The number of phenolic OH excluding ortho intramolecular Hbond substituents is 1. The third-order valence-corrected chi connectivity index (χ3v) is 7.77. The van der Waals surface area contributed by atoms with E-state index in [1.807, 2.05) is 30.3 Å². The van der Waals surface area contributed by atoms with Gasteiger partial charge in [-0.3, -0.25) is 9.59 Å². The van der Waals surface area contributed by atoms with Gasteiger partial charge in [0, 0.05) is 45.7 Å². The van der Waals surface area contributed by atoms with Crippen LogP contribution in [0.4, 0.5) is 0 Å². The Kier molecular flexibility index (Phi) is 8.39. The van der Waals surface area contributed by atoms with E-state index in [1.54, 1.807) is 19.2 Å². The second-order valence-corrected chi connectivity index (χ2v) is 10.3. The summed E-state index contributed by atoms with van der Waals surface area (Å²) in [6.45, 7) is 6.24. The summed E-state index contributed by atoms with van der Waals surface area (Å²) in [6, 6.07) is 23.9. The highest BCUT2D eigenvalue weighted by Crippen LogP contribution is 2.35. The van der Waals surface area contributed by atoms with E-state index in [4.69, 9.17) is 4.74 Å². The Hall–Kier alpha value is -4.58. The number of hydrogen-bond donors (Lipinski definition) is 1. The van der Waals surface area contributed by atoms with Gasteiger partial charge in [-0.15, -0.1) is 0 Å². The van der Waals surface area contributed by atoms with Gasteiger partial charge < -0.3 is 19.0 Å². The van der Waals surface area contributed by atoms with E-state index < -0.39 is 0 Å². The van der Waals surface area contributed by atoms with Crippen LogP contribution in [0.15, 0.2) is 72.8 Å². The number of phenols is 1. The first-order valence-electron chi connectivity index (χ1n) is 14.3. The first-order chi connectivity index (χ1) is 20.1. The van der Waals surface area contributed by atoms with Gasteiger partial charge in [0.25, 0.3) is 0 Å². The van der Waals surface area contributed by atoms with Crippen LogP contribution in [0.2, 0.25) is 0 Å². The van der Waals surface area contributed by atoms with Crippen LogP contribution in [-0.2, 0) is 13.1 Å². The fourth-order valence-corrected chi connectivity index (χ4v) is 5.67. The van der Waals surface area contributed by atoms with E-state index in [2.05, 4.69) is 53.3 Å². The lowest BCUT2D eigenvalue weighted by molar-refractivity contribution is 0.111. The fourth-order valence-electron chi connectivity index (χ4n) is 5.67. The van der Waals surface area contributed by atoms with E-state index in [9.17, 15) is 14.7 Å². The van der Waals surface area contributed by atoms with E-state index in [0.29, 0.717) is 23.2 Å². The van der Waals surface area contributed by atoms with Crippen molar-refractivity contribution in [1.29, 1.82) is 0 Å². The molecule has 6 nitrogen and oxygen atoms in total. The van der Waals surface area contributed by atoms with Crippen LogP contribution in [0.3, 0.4) is 0 Å². The molecule has 0 saturated heterocycles. The highest BCUT2D eigenvalue weighted by atomic mass is 16.5. The van der Waals surface area contributed by atoms with Gasteiger partial charge in [-0.05, 0) is 49.2 Å². The molecule has 0 radical (unpaired) electrons. The smallest absolute Gasteiger partial charge is 0.153 e.